The van der Waals surface area contributed by atoms with E-state index in [1.807, 2.05) is 19.9 Å². The average Bonchev–Trinajstić information content (AvgIpc) is 2.40. The largest absolute Gasteiger partial charge is 0.490 e. The molecule has 0 aliphatic carbocycles. The zero-order valence-electron chi connectivity index (χ0n) is 12.3. The number of rotatable bonds is 6. The van der Waals surface area contributed by atoms with E-state index in [1.54, 1.807) is 32.0 Å². The number of nitriles is 1. The van der Waals surface area contributed by atoms with Crippen LogP contribution in [0.1, 0.15) is 38.1 Å². The van der Waals surface area contributed by atoms with Crippen molar-refractivity contribution in [1.29, 1.82) is 5.26 Å². The molecule has 0 aromatic heterocycles. The molecule has 0 fully saturated rings. The summed E-state index contributed by atoms with van der Waals surface area (Å²) in [6.45, 7) is 8.03. The van der Waals surface area contributed by atoms with Crippen molar-refractivity contribution in [3.05, 3.63) is 23.8 Å². The van der Waals surface area contributed by atoms with Gasteiger partial charge in [0.25, 0.3) is 5.91 Å². The molecule has 1 N–H and O–H groups in total. The molecule has 0 unspecified atom stereocenters. The van der Waals surface area contributed by atoms with E-state index in [4.69, 9.17) is 14.7 Å². The van der Waals surface area contributed by atoms with Crippen molar-refractivity contribution < 1.29 is 14.3 Å². The first-order valence-corrected chi connectivity index (χ1v) is 6.57. The lowest BCUT2D eigenvalue weighted by Gasteiger charge is -2.18. The number of ether oxygens (including phenoxy) is 2. The number of carbonyl (C=O) groups excluding carboxylic acids is 1. The number of hydrogen-bond acceptors (Lipinski definition) is 4. The Balaban J connectivity index is 2.99. The Kier molecular flexibility index (Phi) is 5.39. The van der Waals surface area contributed by atoms with Crippen LogP contribution in [0.2, 0.25) is 0 Å². The summed E-state index contributed by atoms with van der Waals surface area (Å²) in [6, 6.07) is 6.99. The van der Waals surface area contributed by atoms with Crippen LogP contribution in [0.15, 0.2) is 18.2 Å². The number of amides is 1. The maximum Gasteiger partial charge on any atom is 0.252 e. The van der Waals surface area contributed by atoms with Gasteiger partial charge in [-0.2, -0.15) is 5.26 Å². The van der Waals surface area contributed by atoms with Crippen LogP contribution in [0.25, 0.3) is 0 Å². The number of carbonyl (C=O) groups is 1. The van der Waals surface area contributed by atoms with Gasteiger partial charge in [-0.05, 0) is 45.9 Å². The normalized spacial score (nSPS) is 10.6. The van der Waals surface area contributed by atoms with Gasteiger partial charge in [-0.3, -0.25) is 4.79 Å². The van der Waals surface area contributed by atoms with Gasteiger partial charge in [-0.15, -0.1) is 0 Å². The van der Waals surface area contributed by atoms with E-state index < -0.39 is 5.54 Å². The molecule has 0 atom stereocenters. The summed E-state index contributed by atoms with van der Waals surface area (Å²) < 4.78 is 10.9. The summed E-state index contributed by atoms with van der Waals surface area (Å²) in [4.78, 5) is 12.1. The second-order valence-electron chi connectivity index (χ2n) is 4.72. The van der Waals surface area contributed by atoms with Crippen molar-refractivity contribution in [3.8, 4) is 17.6 Å². The lowest BCUT2D eigenvalue weighted by molar-refractivity contribution is 0.0928. The molecule has 0 bridgehead atoms. The SMILES string of the molecule is CCOc1ccc(C(=O)NC(C)(C)C#N)cc1OCC. The predicted octanol–water partition coefficient (Wildman–Crippen LogP) is 2.52. The Morgan fingerprint density at radius 1 is 1.25 bits per heavy atom. The fourth-order valence-electron chi connectivity index (χ4n) is 1.58. The molecule has 0 saturated heterocycles. The molecule has 5 nitrogen and oxygen atoms in total. The second-order valence-corrected chi connectivity index (χ2v) is 4.72. The zero-order chi connectivity index (χ0) is 15.2. The van der Waals surface area contributed by atoms with Crippen LogP contribution >= 0.6 is 0 Å². The maximum absolute atomic E-state index is 12.1. The first-order valence-electron chi connectivity index (χ1n) is 6.57. The standard InChI is InChI=1S/C15H20N2O3/c1-5-19-12-8-7-11(9-13(12)20-6-2)14(18)17-15(3,4)10-16/h7-9H,5-6H2,1-4H3,(H,17,18). The lowest BCUT2D eigenvalue weighted by Crippen LogP contribution is -2.42. The van der Waals surface area contributed by atoms with Gasteiger partial charge >= 0.3 is 0 Å². The Labute approximate surface area is 119 Å². The molecule has 0 aliphatic rings. The van der Waals surface area contributed by atoms with Crippen molar-refractivity contribution in [1.82, 2.24) is 5.32 Å². The topological polar surface area (TPSA) is 71.3 Å². The van der Waals surface area contributed by atoms with E-state index in [-0.39, 0.29) is 5.91 Å². The predicted molar refractivity (Wildman–Crippen MR) is 75.9 cm³/mol. The lowest BCUT2D eigenvalue weighted by atomic mass is 10.1. The van der Waals surface area contributed by atoms with Crippen molar-refractivity contribution >= 4 is 5.91 Å². The third-order valence-corrected chi connectivity index (χ3v) is 2.51. The summed E-state index contributed by atoms with van der Waals surface area (Å²) in [6.07, 6.45) is 0. The van der Waals surface area contributed by atoms with Crippen molar-refractivity contribution in [2.75, 3.05) is 13.2 Å². The van der Waals surface area contributed by atoms with Gasteiger partial charge < -0.3 is 14.8 Å². The van der Waals surface area contributed by atoms with E-state index in [0.717, 1.165) is 0 Å². The molecule has 1 rings (SSSR count). The minimum absolute atomic E-state index is 0.319. The minimum Gasteiger partial charge on any atom is -0.490 e. The molecule has 0 aliphatic heterocycles. The van der Waals surface area contributed by atoms with Crippen LogP contribution in [-0.4, -0.2) is 24.7 Å². The Morgan fingerprint density at radius 3 is 2.40 bits per heavy atom. The fourth-order valence-corrected chi connectivity index (χ4v) is 1.58. The quantitative estimate of drug-likeness (QED) is 0.866. The van der Waals surface area contributed by atoms with E-state index in [9.17, 15) is 4.79 Å². The molecule has 1 amide bonds. The van der Waals surface area contributed by atoms with E-state index >= 15 is 0 Å². The van der Waals surface area contributed by atoms with Crippen molar-refractivity contribution in [2.45, 2.75) is 33.2 Å². The molecular weight excluding hydrogens is 256 g/mol. The molecule has 108 valence electrons. The highest BCUT2D eigenvalue weighted by molar-refractivity contribution is 5.95. The van der Waals surface area contributed by atoms with Crippen LogP contribution in [0.3, 0.4) is 0 Å². The molecule has 5 heteroatoms. The van der Waals surface area contributed by atoms with E-state index in [0.29, 0.717) is 30.3 Å². The molecule has 0 heterocycles. The summed E-state index contributed by atoms with van der Waals surface area (Å²) in [5, 5.41) is 11.6. The third-order valence-electron chi connectivity index (χ3n) is 2.51. The number of hydrogen-bond donors (Lipinski definition) is 1. The fraction of sp³-hybridized carbons (Fsp3) is 0.467. The molecule has 0 saturated carbocycles. The number of nitrogens with one attached hydrogen (secondary N) is 1. The third kappa shape index (κ3) is 4.16. The minimum atomic E-state index is -0.915. The van der Waals surface area contributed by atoms with Gasteiger partial charge in [-0.25, -0.2) is 0 Å². The van der Waals surface area contributed by atoms with Gasteiger partial charge in [0.2, 0.25) is 0 Å². The summed E-state index contributed by atoms with van der Waals surface area (Å²) in [5.74, 6) is 0.808. The summed E-state index contributed by atoms with van der Waals surface area (Å²) in [7, 11) is 0. The zero-order valence-corrected chi connectivity index (χ0v) is 12.3. The maximum atomic E-state index is 12.1. The van der Waals surface area contributed by atoms with E-state index in [2.05, 4.69) is 5.32 Å². The van der Waals surface area contributed by atoms with Crippen LogP contribution in [0, 0.1) is 11.3 Å². The highest BCUT2D eigenvalue weighted by atomic mass is 16.5. The number of benzene rings is 1. The second kappa shape index (κ2) is 6.80. The van der Waals surface area contributed by atoms with Gasteiger partial charge in [0.15, 0.2) is 11.5 Å². The van der Waals surface area contributed by atoms with Crippen molar-refractivity contribution in [3.63, 3.8) is 0 Å². The highest BCUT2D eigenvalue weighted by Gasteiger charge is 2.21. The first kappa shape index (κ1) is 15.8. The highest BCUT2D eigenvalue weighted by Crippen LogP contribution is 2.28. The monoisotopic (exact) mass is 276 g/mol. The van der Waals surface area contributed by atoms with Gasteiger partial charge in [0, 0.05) is 5.56 Å². The first-order chi connectivity index (χ1) is 9.43. The molecule has 0 spiro atoms. The number of nitrogens with zero attached hydrogens (tertiary/aromatic N) is 1. The average molecular weight is 276 g/mol. The summed E-state index contributed by atoms with van der Waals surface area (Å²) >= 11 is 0. The van der Waals surface area contributed by atoms with E-state index in [1.165, 1.54) is 0 Å². The smallest absolute Gasteiger partial charge is 0.252 e. The van der Waals surface area contributed by atoms with Gasteiger partial charge in [0.1, 0.15) is 5.54 Å². The van der Waals surface area contributed by atoms with Gasteiger partial charge in [-0.1, -0.05) is 0 Å². The Morgan fingerprint density at radius 2 is 1.85 bits per heavy atom. The van der Waals surface area contributed by atoms with Crippen molar-refractivity contribution in [2.24, 2.45) is 0 Å². The molecule has 1 aromatic rings. The summed E-state index contributed by atoms with van der Waals surface area (Å²) in [5.41, 5.74) is -0.484. The van der Waals surface area contributed by atoms with Crippen LogP contribution < -0.4 is 14.8 Å². The Hall–Kier alpha value is -2.22. The molecule has 1 aromatic carbocycles. The molecule has 20 heavy (non-hydrogen) atoms. The van der Waals surface area contributed by atoms with Crippen LogP contribution in [0.4, 0.5) is 0 Å². The van der Waals surface area contributed by atoms with Crippen LogP contribution in [0.5, 0.6) is 11.5 Å². The molecule has 0 radical (unpaired) electrons. The Bertz CT molecular complexity index is 518. The molecular formula is C15H20N2O3. The van der Waals surface area contributed by atoms with Crippen LogP contribution in [-0.2, 0) is 0 Å². The van der Waals surface area contributed by atoms with Gasteiger partial charge in [0.05, 0.1) is 19.3 Å².